The average Bonchev–Trinajstić information content (AvgIpc) is 2.48. The summed E-state index contributed by atoms with van der Waals surface area (Å²) in [5.74, 6) is -0.897. The molecule has 1 N–H and O–H groups in total. The maximum Gasteiger partial charge on any atom is 0.335 e. The smallest absolute Gasteiger partial charge is 0.335 e. The molecule has 0 aliphatic carbocycles. The quantitative estimate of drug-likeness (QED) is 0.881. The molecule has 0 fully saturated rings. The standard InChI is InChI=1S/C16H19N3O2/c1-12(9-15-10-17-7-8-18-15)19(2)11-13-3-5-14(6-4-13)16(20)21/h3-8,10,12H,9,11H2,1-2H3,(H,20,21)/t12-/m0/s1. The number of benzene rings is 1. The Balaban J connectivity index is 1.94. The van der Waals surface area contributed by atoms with E-state index in [9.17, 15) is 4.79 Å². The summed E-state index contributed by atoms with van der Waals surface area (Å²) in [6.45, 7) is 2.90. The van der Waals surface area contributed by atoms with Gasteiger partial charge < -0.3 is 5.11 Å². The van der Waals surface area contributed by atoms with Crippen molar-refractivity contribution in [1.82, 2.24) is 14.9 Å². The van der Waals surface area contributed by atoms with Crippen LogP contribution in [0.3, 0.4) is 0 Å². The monoisotopic (exact) mass is 285 g/mol. The van der Waals surface area contributed by atoms with Crippen molar-refractivity contribution < 1.29 is 9.90 Å². The molecule has 0 saturated carbocycles. The van der Waals surface area contributed by atoms with Gasteiger partial charge in [-0.15, -0.1) is 0 Å². The molecule has 0 aliphatic rings. The van der Waals surface area contributed by atoms with Crippen LogP contribution in [0.5, 0.6) is 0 Å². The molecule has 2 aromatic rings. The van der Waals surface area contributed by atoms with Crippen LogP contribution in [0.25, 0.3) is 0 Å². The summed E-state index contributed by atoms with van der Waals surface area (Å²) in [6.07, 6.45) is 5.98. The van der Waals surface area contributed by atoms with Gasteiger partial charge in [-0.2, -0.15) is 0 Å². The van der Waals surface area contributed by atoms with Crippen LogP contribution < -0.4 is 0 Å². The summed E-state index contributed by atoms with van der Waals surface area (Å²) in [4.78, 5) is 21.4. The molecule has 21 heavy (non-hydrogen) atoms. The fourth-order valence-electron chi connectivity index (χ4n) is 2.09. The van der Waals surface area contributed by atoms with Gasteiger partial charge in [-0.05, 0) is 31.7 Å². The largest absolute Gasteiger partial charge is 0.478 e. The zero-order valence-electron chi connectivity index (χ0n) is 12.2. The van der Waals surface area contributed by atoms with Crippen LogP contribution in [0, 0.1) is 0 Å². The lowest BCUT2D eigenvalue weighted by Gasteiger charge is -2.24. The molecular weight excluding hydrogens is 266 g/mol. The van der Waals surface area contributed by atoms with Crippen molar-refractivity contribution in [3.63, 3.8) is 0 Å². The highest BCUT2D eigenvalue weighted by Crippen LogP contribution is 2.11. The van der Waals surface area contributed by atoms with E-state index < -0.39 is 5.97 Å². The topological polar surface area (TPSA) is 66.3 Å². The van der Waals surface area contributed by atoms with Gasteiger partial charge in [0.05, 0.1) is 11.3 Å². The SMILES string of the molecule is C[C@@H](Cc1cnccn1)N(C)Cc1ccc(C(=O)O)cc1. The van der Waals surface area contributed by atoms with Crippen molar-refractivity contribution in [3.05, 3.63) is 59.7 Å². The number of carboxylic acid groups (broad SMARTS) is 1. The van der Waals surface area contributed by atoms with Gasteiger partial charge in [0.15, 0.2) is 0 Å². The van der Waals surface area contributed by atoms with Crippen molar-refractivity contribution in [1.29, 1.82) is 0 Å². The van der Waals surface area contributed by atoms with E-state index in [1.165, 1.54) is 0 Å². The number of hydrogen-bond donors (Lipinski definition) is 1. The Labute approximate surface area is 124 Å². The van der Waals surface area contributed by atoms with Gasteiger partial charge in [0.25, 0.3) is 0 Å². The third kappa shape index (κ3) is 4.36. The summed E-state index contributed by atoms with van der Waals surface area (Å²) >= 11 is 0. The lowest BCUT2D eigenvalue weighted by molar-refractivity contribution is 0.0697. The van der Waals surface area contributed by atoms with E-state index in [1.54, 1.807) is 30.7 Å². The number of carboxylic acids is 1. The van der Waals surface area contributed by atoms with Gasteiger partial charge in [-0.1, -0.05) is 12.1 Å². The van der Waals surface area contributed by atoms with Crippen LogP contribution in [-0.2, 0) is 13.0 Å². The Kier molecular flexibility index (Phi) is 5.00. The number of rotatable bonds is 6. The Morgan fingerprint density at radius 1 is 1.29 bits per heavy atom. The molecular formula is C16H19N3O2. The lowest BCUT2D eigenvalue weighted by Crippen LogP contribution is -2.30. The third-order valence-corrected chi connectivity index (χ3v) is 3.51. The molecule has 0 aliphatic heterocycles. The predicted octanol–water partition coefficient (Wildman–Crippen LogP) is 2.24. The molecule has 110 valence electrons. The zero-order chi connectivity index (χ0) is 15.2. The predicted molar refractivity (Wildman–Crippen MR) is 80.1 cm³/mol. The van der Waals surface area contributed by atoms with Gasteiger partial charge in [0.1, 0.15) is 0 Å². The first kappa shape index (κ1) is 15.1. The number of carbonyl (C=O) groups is 1. The Morgan fingerprint density at radius 3 is 2.57 bits per heavy atom. The highest BCUT2D eigenvalue weighted by molar-refractivity contribution is 5.87. The van der Waals surface area contributed by atoms with Crippen LogP contribution >= 0.6 is 0 Å². The molecule has 0 radical (unpaired) electrons. The molecule has 1 aromatic carbocycles. The van der Waals surface area contributed by atoms with Crippen molar-refractivity contribution >= 4 is 5.97 Å². The fraction of sp³-hybridized carbons (Fsp3) is 0.312. The zero-order valence-corrected chi connectivity index (χ0v) is 12.2. The maximum atomic E-state index is 10.8. The molecule has 0 unspecified atom stereocenters. The summed E-state index contributed by atoms with van der Waals surface area (Å²) < 4.78 is 0. The molecule has 5 nitrogen and oxygen atoms in total. The third-order valence-electron chi connectivity index (χ3n) is 3.51. The summed E-state index contributed by atoms with van der Waals surface area (Å²) in [5, 5.41) is 8.89. The number of likely N-dealkylation sites (N-methyl/N-ethyl adjacent to an activating group) is 1. The summed E-state index contributed by atoms with van der Waals surface area (Å²) in [7, 11) is 2.05. The normalized spacial score (nSPS) is 12.3. The van der Waals surface area contributed by atoms with Crippen molar-refractivity contribution in [3.8, 4) is 0 Å². The van der Waals surface area contributed by atoms with Gasteiger partial charge in [0.2, 0.25) is 0 Å². The molecule has 1 heterocycles. The number of aromatic carboxylic acids is 1. The fourth-order valence-corrected chi connectivity index (χ4v) is 2.09. The molecule has 1 aromatic heterocycles. The second-order valence-corrected chi connectivity index (χ2v) is 5.17. The molecule has 0 spiro atoms. The first-order valence-electron chi connectivity index (χ1n) is 6.83. The molecule has 2 rings (SSSR count). The molecule has 5 heteroatoms. The number of nitrogens with zero attached hydrogens (tertiary/aromatic N) is 3. The summed E-state index contributed by atoms with van der Waals surface area (Å²) in [6, 6.07) is 7.31. The van der Waals surface area contributed by atoms with E-state index in [4.69, 9.17) is 5.11 Å². The minimum atomic E-state index is -0.897. The second kappa shape index (κ2) is 6.95. The lowest BCUT2D eigenvalue weighted by atomic mass is 10.1. The van der Waals surface area contributed by atoms with Crippen LogP contribution in [0.15, 0.2) is 42.9 Å². The van der Waals surface area contributed by atoms with E-state index in [0.717, 1.165) is 24.2 Å². The van der Waals surface area contributed by atoms with Crippen LogP contribution in [0.2, 0.25) is 0 Å². The van der Waals surface area contributed by atoms with Crippen molar-refractivity contribution in [2.24, 2.45) is 0 Å². The van der Waals surface area contributed by atoms with Gasteiger partial charge in [-0.3, -0.25) is 14.9 Å². The molecule has 0 bridgehead atoms. The van der Waals surface area contributed by atoms with E-state index in [0.29, 0.717) is 11.6 Å². The average molecular weight is 285 g/mol. The highest BCUT2D eigenvalue weighted by atomic mass is 16.4. The van der Waals surface area contributed by atoms with E-state index in [-0.39, 0.29) is 0 Å². The second-order valence-electron chi connectivity index (χ2n) is 5.17. The Hall–Kier alpha value is -2.27. The first-order chi connectivity index (χ1) is 10.1. The van der Waals surface area contributed by atoms with Crippen molar-refractivity contribution in [2.45, 2.75) is 25.9 Å². The van der Waals surface area contributed by atoms with Gasteiger partial charge in [0, 0.05) is 37.6 Å². The van der Waals surface area contributed by atoms with Gasteiger partial charge in [-0.25, -0.2) is 4.79 Å². The maximum absolute atomic E-state index is 10.8. The summed E-state index contributed by atoms with van der Waals surface area (Å²) in [5.41, 5.74) is 2.38. The van der Waals surface area contributed by atoms with Crippen LogP contribution in [0.4, 0.5) is 0 Å². The highest BCUT2D eigenvalue weighted by Gasteiger charge is 2.11. The molecule has 0 amide bonds. The Morgan fingerprint density at radius 2 is 2.00 bits per heavy atom. The Bertz CT molecular complexity index is 584. The number of hydrogen-bond acceptors (Lipinski definition) is 4. The van der Waals surface area contributed by atoms with Crippen LogP contribution in [0.1, 0.15) is 28.5 Å². The number of aromatic nitrogens is 2. The van der Waals surface area contributed by atoms with E-state index >= 15 is 0 Å². The molecule has 0 saturated heterocycles. The minimum absolute atomic E-state index is 0.314. The van der Waals surface area contributed by atoms with E-state index in [1.807, 2.05) is 19.2 Å². The van der Waals surface area contributed by atoms with Crippen LogP contribution in [-0.4, -0.2) is 39.0 Å². The van der Waals surface area contributed by atoms with Gasteiger partial charge >= 0.3 is 5.97 Å². The van der Waals surface area contributed by atoms with E-state index in [2.05, 4.69) is 21.8 Å². The first-order valence-corrected chi connectivity index (χ1v) is 6.83. The minimum Gasteiger partial charge on any atom is -0.478 e. The van der Waals surface area contributed by atoms with Crippen molar-refractivity contribution in [2.75, 3.05) is 7.05 Å². The molecule has 1 atom stereocenters.